The summed E-state index contributed by atoms with van der Waals surface area (Å²) in [5.74, 6) is -1.36. The van der Waals surface area contributed by atoms with Crippen LogP contribution in [0.15, 0.2) is 18.2 Å². The monoisotopic (exact) mass is 223 g/mol. The predicted molar refractivity (Wildman–Crippen MR) is 53.7 cm³/mol. The van der Waals surface area contributed by atoms with Crippen LogP contribution in [0.5, 0.6) is 5.75 Å². The molecule has 0 heterocycles. The smallest absolute Gasteiger partial charge is 0.339 e. The number of carboxylic acids is 1. The topological polar surface area (TPSA) is 89.7 Å². The second kappa shape index (κ2) is 3.80. The van der Waals surface area contributed by atoms with E-state index in [0.717, 1.165) is 12.8 Å². The maximum absolute atomic E-state index is 10.9. The molecular weight excluding hydrogens is 214 g/mol. The summed E-state index contributed by atoms with van der Waals surface area (Å²) in [7, 11) is 0. The molecule has 6 heteroatoms. The van der Waals surface area contributed by atoms with Gasteiger partial charge in [-0.25, -0.2) is 4.79 Å². The molecule has 0 radical (unpaired) electrons. The predicted octanol–water partition coefficient (Wildman–Crippen LogP) is 1.83. The molecule has 0 saturated heterocycles. The van der Waals surface area contributed by atoms with Gasteiger partial charge in [0.25, 0.3) is 0 Å². The van der Waals surface area contributed by atoms with E-state index in [4.69, 9.17) is 9.84 Å². The third-order valence-electron chi connectivity index (χ3n) is 2.23. The van der Waals surface area contributed by atoms with Crippen molar-refractivity contribution in [2.24, 2.45) is 0 Å². The van der Waals surface area contributed by atoms with Gasteiger partial charge in [0.15, 0.2) is 0 Å². The number of aromatic carboxylic acids is 1. The summed E-state index contributed by atoms with van der Waals surface area (Å²) in [6.07, 6.45) is 1.54. The van der Waals surface area contributed by atoms with Crippen LogP contribution < -0.4 is 4.74 Å². The lowest BCUT2D eigenvalue weighted by atomic mass is 10.1. The molecule has 1 aliphatic carbocycles. The molecule has 6 nitrogen and oxygen atoms in total. The second-order valence-electron chi connectivity index (χ2n) is 3.53. The summed E-state index contributed by atoms with van der Waals surface area (Å²) in [5.41, 5.74) is -0.465. The molecule has 0 unspecified atom stereocenters. The van der Waals surface area contributed by atoms with Gasteiger partial charge >= 0.3 is 11.7 Å². The Morgan fingerprint density at radius 2 is 2.19 bits per heavy atom. The third kappa shape index (κ3) is 1.95. The van der Waals surface area contributed by atoms with Gasteiger partial charge in [0.1, 0.15) is 5.56 Å². The van der Waals surface area contributed by atoms with Gasteiger partial charge in [-0.05, 0) is 18.9 Å². The number of benzene rings is 1. The van der Waals surface area contributed by atoms with Gasteiger partial charge in [-0.3, -0.25) is 10.1 Å². The average Bonchev–Trinajstić information content (AvgIpc) is 3.01. The van der Waals surface area contributed by atoms with Gasteiger partial charge < -0.3 is 9.84 Å². The second-order valence-corrected chi connectivity index (χ2v) is 3.53. The molecule has 1 aliphatic rings. The van der Waals surface area contributed by atoms with Gasteiger partial charge in [0.2, 0.25) is 5.75 Å². The third-order valence-corrected chi connectivity index (χ3v) is 2.23. The summed E-state index contributed by atoms with van der Waals surface area (Å²) in [6, 6.07) is 3.87. The number of nitro benzene ring substituents is 1. The number of carboxylic acid groups (broad SMARTS) is 1. The van der Waals surface area contributed by atoms with Gasteiger partial charge in [-0.2, -0.15) is 0 Å². The number of nitro groups is 1. The minimum Gasteiger partial charge on any atom is -0.483 e. The van der Waals surface area contributed by atoms with Crippen LogP contribution in [0.4, 0.5) is 5.69 Å². The first kappa shape index (κ1) is 10.4. The van der Waals surface area contributed by atoms with Crippen LogP contribution in [0.1, 0.15) is 23.2 Å². The fourth-order valence-electron chi connectivity index (χ4n) is 1.31. The molecule has 1 saturated carbocycles. The van der Waals surface area contributed by atoms with E-state index in [1.54, 1.807) is 0 Å². The molecule has 2 rings (SSSR count). The number of carbonyl (C=O) groups is 1. The maximum Gasteiger partial charge on any atom is 0.339 e. The van der Waals surface area contributed by atoms with Crippen molar-refractivity contribution in [3.05, 3.63) is 33.9 Å². The fourth-order valence-corrected chi connectivity index (χ4v) is 1.31. The highest BCUT2D eigenvalue weighted by Crippen LogP contribution is 2.36. The first-order valence-corrected chi connectivity index (χ1v) is 4.77. The van der Waals surface area contributed by atoms with Crippen molar-refractivity contribution >= 4 is 11.7 Å². The van der Waals surface area contributed by atoms with Crippen LogP contribution in [-0.4, -0.2) is 22.1 Å². The molecule has 1 aromatic rings. The Labute approximate surface area is 90.6 Å². The summed E-state index contributed by atoms with van der Waals surface area (Å²) < 4.78 is 5.29. The largest absolute Gasteiger partial charge is 0.483 e. The van der Waals surface area contributed by atoms with E-state index in [-0.39, 0.29) is 23.1 Å². The number of hydrogen-bond donors (Lipinski definition) is 1. The SMILES string of the molecule is O=C(O)c1cccc([N+](=O)[O-])c1OC1CC1. The number of para-hydroxylation sites is 1. The Kier molecular flexibility index (Phi) is 2.47. The van der Waals surface area contributed by atoms with Gasteiger partial charge in [0, 0.05) is 6.07 Å². The van der Waals surface area contributed by atoms with Crippen LogP contribution in [0.3, 0.4) is 0 Å². The fraction of sp³-hybridized carbons (Fsp3) is 0.300. The molecule has 0 aliphatic heterocycles. The normalized spacial score (nSPS) is 14.5. The summed E-state index contributed by atoms with van der Waals surface area (Å²) >= 11 is 0. The first-order valence-electron chi connectivity index (χ1n) is 4.77. The van der Waals surface area contributed by atoms with Gasteiger partial charge in [-0.1, -0.05) is 6.07 Å². The standard InChI is InChI=1S/C10H9NO5/c12-10(13)7-2-1-3-8(11(14)15)9(7)16-6-4-5-6/h1-3,6H,4-5H2,(H,12,13). The highest BCUT2D eigenvalue weighted by molar-refractivity contribution is 5.92. The molecule has 1 aromatic carbocycles. The summed E-state index contributed by atoms with van der Waals surface area (Å²) in [4.78, 5) is 21.0. The van der Waals surface area contributed by atoms with Crippen LogP contribution in [0.2, 0.25) is 0 Å². The molecule has 84 valence electrons. The zero-order chi connectivity index (χ0) is 11.7. The summed E-state index contributed by atoms with van der Waals surface area (Å²) in [5, 5.41) is 19.6. The van der Waals surface area contributed by atoms with E-state index >= 15 is 0 Å². The molecule has 0 amide bonds. The van der Waals surface area contributed by atoms with Crippen molar-refractivity contribution < 1.29 is 19.6 Å². The molecular formula is C10H9NO5. The Bertz CT molecular complexity index is 420. The molecule has 0 spiro atoms. The first-order chi connectivity index (χ1) is 7.59. The number of nitrogens with zero attached hydrogens (tertiary/aromatic N) is 1. The highest BCUT2D eigenvalue weighted by Gasteiger charge is 2.30. The lowest BCUT2D eigenvalue weighted by Crippen LogP contribution is -2.07. The number of hydrogen-bond acceptors (Lipinski definition) is 4. The van der Waals surface area contributed by atoms with Crippen LogP contribution in [-0.2, 0) is 0 Å². The molecule has 16 heavy (non-hydrogen) atoms. The zero-order valence-corrected chi connectivity index (χ0v) is 8.25. The lowest BCUT2D eigenvalue weighted by Gasteiger charge is -2.07. The Balaban J connectivity index is 2.47. The summed E-state index contributed by atoms with van der Waals surface area (Å²) in [6.45, 7) is 0. The van der Waals surface area contributed by atoms with Crippen molar-refractivity contribution in [2.45, 2.75) is 18.9 Å². The van der Waals surface area contributed by atoms with E-state index in [1.807, 2.05) is 0 Å². The van der Waals surface area contributed by atoms with Crippen LogP contribution in [0, 0.1) is 10.1 Å². The minimum atomic E-state index is -1.22. The number of ether oxygens (including phenoxy) is 1. The Morgan fingerprint density at radius 3 is 2.69 bits per heavy atom. The van der Waals surface area contributed by atoms with Crippen LogP contribution >= 0.6 is 0 Å². The van der Waals surface area contributed by atoms with E-state index in [1.165, 1.54) is 18.2 Å². The van der Waals surface area contributed by atoms with E-state index in [0.29, 0.717) is 0 Å². The van der Waals surface area contributed by atoms with Gasteiger partial charge in [-0.15, -0.1) is 0 Å². The number of rotatable bonds is 4. The van der Waals surface area contributed by atoms with Crippen molar-refractivity contribution in [3.63, 3.8) is 0 Å². The average molecular weight is 223 g/mol. The van der Waals surface area contributed by atoms with E-state index in [9.17, 15) is 14.9 Å². The Hall–Kier alpha value is -2.11. The van der Waals surface area contributed by atoms with Crippen LogP contribution in [0.25, 0.3) is 0 Å². The molecule has 0 bridgehead atoms. The van der Waals surface area contributed by atoms with E-state index < -0.39 is 10.9 Å². The van der Waals surface area contributed by atoms with Crippen molar-refractivity contribution in [1.82, 2.24) is 0 Å². The van der Waals surface area contributed by atoms with Gasteiger partial charge in [0.05, 0.1) is 11.0 Å². The van der Waals surface area contributed by atoms with E-state index in [2.05, 4.69) is 0 Å². The quantitative estimate of drug-likeness (QED) is 0.621. The molecule has 0 aromatic heterocycles. The van der Waals surface area contributed by atoms with Crippen molar-refractivity contribution in [2.75, 3.05) is 0 Å². The molecule has 0 atom stereocenters. The minimum absolute atomic E-state index is 0.0841. The molecule has 1 N–H and O–H groups in total. The van der Waals surface area contributed by atoms with Crippen molar-refractivity contribution in [3.8, 4) is 5.75 Å². The zero-order valence-electron chi connectivity index (χ0n) is 8.25. The lowest BCUT2D eigenvalue weighted by molar-refractivity contribution is -0.386. The highest BCUT2D eigenvalue weighted by atomic mass is 16.6. The van der Waals surface area contributed by atoms with Crippen molar-refractivity contribution in [1.29, 1.82) is 0 Å². The maximum atomic E-state index is 10.9. The Morgan fingerprint density at radius 1 is 1.50 bits per heavy atom. The molecule has 1 fully saturated rings.